The van der Waals surface area contributed by atoms with E-state index >= 15 is 0 Å². The van der Waals surface area contributed by atoms with E-state index in [2.05, 4.69) is 4.74 Å². The first-order valence-corrected chi connectivity index (χ1v) is 8.14. The summed E-state index contributed by atoms with van der Waals surface area (Å²) in [5, 5.41) is 0. The summed E-state index contributed by atoms with van der Waals surface area (Å²) < 4.78 is 30.5. The summed E-state index contributed by atoms with van der Waals surface area (Å²) in [5.41, 5.74) is 0. The van der Waals surface area contributed by atoms with Crippen molar-refractivity contribution in [2.45, 2.75) is 51.5 Å². The van der Waals surface area contributed by atoms with Gasteiger partial charge in [-0.3, -0.25) is 4.79 Å². The van der Waals surface area contributed by atoms with Crippen LogP contribution in [0.3, 0.4) is 0 Å². The van der Waals surface area contributed by atoms with Crippen molar-refractivity contribution in [3.8, 4) is 0 Å². The fourth-order valence-electron chi connectivity index (χ4n) is 2.28. The Morgan fingerprint density at radius 3 is 2.72 bits per heavy atom. The Labute approximate surface area is 110 Å². The highest BCUT2D eigenvalue weighted by atomic mass is 32.2. The highest BCUT2D eigenvalue weighted by Crippen LogP contribution is 2.20. The minimum atomic E-state index is -3.23. The molecule has 0 saturated carbocycles. The largest absolute Gasteiger partial charge is 0.469 e. The fraction of sp³-hybridized carbons (Fsp3) is 0.917. The summed E-state index contributed by atoms with van der Waals surface area (Å²) in [6.07, 6.45) is 4.54. The number of rotatable bonds is 5. The second kappa shape index (κ2) is 7.09. The summed E-state index contributed by atoms with van der Waals surface area (Å²) in [5.74, 6) is -0.319. The number of ether oxygens (including phenoxy) is 1. The Morgan fingerprint density at radius 2 is 2.06 bits per heavy atom. The van der Waals surface area contributed by atoms with Gasteiger partial charge >= 0.3 is 5.97 Å². The van der Waals surface area contributed by atoms with Gasteiger partial charge in [0.05, 0.1) is 12.9 Å². The van der Waals surface area contributed by atoms with E-state index in [1.54, 1.807) is 4.31 Å². The van der Waals surface area contributed by atoms with Gasteiger partial charge in [0.1, 0.15) is 0 Å². The third-order valence-electron chi connectivity index (χ3n) is 3.36. The summed E-state index contributed by atoms with van der Waals surface area (Å²) >= 11 is 0. The van der Waals surface area contributed by atoms with Crippen LogP contribution in [-0.2, 0) is 19.6 Å². The number of hydrogen-bond acceptors (Lipinski definition) is 4. The molecule has 1 aliphatic rings. The van der Waals surface area contributed by atoms with Gasteiger partial charge in [0, 0.05) is 19.0 Å². The molecule has 0 aromatic rings. The Morgan fingerprint density at radius 1 is 1.33 bits per heavy atom. The minimum absolute atomic E-state index is 0.0342. The first-order chi connectivity index (χ1) is 8.47. The lowest BCUT2D eigenvalue weighted by atomic mass is 10.1. The predicted molar refractivity (Wildman–Crippen MR) is 69.7 cm³/mol. The maximum absolute atomic E-state index is 12.2. The molecule has 1 aliphatic heterocycles. The monoisotopic (exact) mass is 277 g/mol. The lowest BCUT2D eigenvalue weighted by Crippen LogP contribution is -2.39. The fourth-order valence-corrected chi connectivity index (χ4v) is 4.08. The number of esters is 1. The van der Waals surface area contributed by atoms with Crippen LogP contribution in [0.5, 0.6) is 0 Å². The average Bonchev–Trinajstić information content (AvgIpc) is 2.53. The second-order valence-corrected chi connectivity index (χ2v) is 6.85. The van der Waals surface area contributed by atoms with Crippen molar-refractivity contribution >= 4 is 16.0 Å². The van der Waals surface area contributed by atoms with Crippen LogP contribution in [-0.4, -0.2) is 44.1 Å². The number of nitrogens with zero attached hydrogens (tertiary/aromatic N) is 1. The van der Waals surface area contributed by atoms with E-state index in [1.807, 2.05) is 6.92 Å². The van der Waals surface area contributed by atoms with Crippen molar-refractivity contribution in [3.63, 3.8) is 0 Å². The van der Waals surface area contributed by atoms with Gasteiger partial charge in [-0.15, -0.1) is 0 Å². The molecule has 1 fully saturated rings. The van der Waals surface area contributed by atoms with Crippen LogP contribution in [0.1, 0.15) is 45.4 Å². The van der Waals surface area contributed by atoms with E-state index in [9.17, 15) is 13.2 Å². The summed E-state index contributed by atoms with van der Waals surface area (Å²) in [6.45, 7) is 2.57. The quantitative estimate of drug-likeness (QED) is 0.715. The van der Waals surface area contributed by atoms with Crippen molar-refractivity contribution < 1.29 is 17.9 Å². The molecule has 1 rings (SSSR count). The molecule has 0 amide bonds. The maximum Gasteiger partial charge on any atom is 0.305 e. The van der Waals surface area contributed by atoms with E-state index in [4.69, 9.17) is 0 Å². The highest BCUT2D eigenvalue weighted by molar-refractivity contribution is 7.89. The van der Waals surface area contributed by atoms with Gasteiger partial charge in [0.2, 0.25) is 10.0 Å². The Kier molecular flexibility index (Phi) is 6.08. The summed E-state index contributed by atoms with van der Waals surface area (Å²) in [6, 6.07) is 0.0793. The van der Waals surface area contributed by atoms with Crippen molar-refractivity contribution in [1.82, 2.24) is 4.31 Å². The zero-order valence-electron chi connectivity index (χ0n) is 11.2. The van der Waals surface area contributed by atoms with Gasteiger partial charge in [-0.05, 0) is 26.2 Å². The van der Waals surface area contributed by atoms with Crippen molar-refractivity contribution in [2.24, 2.45) is 0 Å². The topological polar surface area (TPSA) is 63.7 Å². The molecule has 18 heavy (non-hydrogen) atoms. The van der Waals surface area contributed by atoms with Crippen LogP contribution in [0.15, 0.2) is 0 Å². The normalized spacial score (nSPS) is 22.4. The van der Waals surface area contributed by atoms with Gasteiger partial charge in [0.25, 0.3) is 0 Å². The van der Waals surface area contributed by atoms with E-state index in [0.29, 0.717) is 13.0 Å². The molecule has 1 saturated heterocycles. The zero-order valence-corrected chi connectivity index (χ0v) is 12.0. The zero-order chi connectivity index (χ0) is 13.6. The molecule has 6 heteroatoms. The molecule has 1 heterocycles. The molecule has 0 spiro atoms. The van der Waals surface area contributed by atoms with Crippen LogP contribution >= 0.6 is 0 Å². The van der Waals surface area contributed by atoms with Gasteiger partial charge < -0.3 is 4.74 Å². The van der Waals surface area contributed by atoms with Crippen molar-refractivity contribution in [1.29, 1.82) is 0 Å². The number of hydrogen-bond donors (Lipinski definition) is 0. The van der Waals surface area contributed by atoms with Gasteiger partial charge in [-0.2, -0.15) is 4.31 Å². The third kappa shape index (κ3) is 4.57. The van der Waals surface area contributed by atoms with Crippen LogP contribution in [0, 0.1) is 0 Å². The van der Waals surface area contributed by atoms with Crippen LogP contribution in [0.25, 0.3) is 0 Å². The second-order valence-electron chi connectivity index (χ2n) is 4.80. The van der Waals surface area contributed by atoms with Gasteiger partial charge in [0.15, 0.2) is 0 Å². The molecule has 0 aromatic heterocycles. The van der Waals surface area contributed by atoms with Crippen LogP contribution < -0.4 is 0 Å². The predicted octanol–water partition coefficient (Wildman–Crippen LogP) is 1.53. The molecule has 0 aromatic carbocycles. The number of carbonyl (C=O) groups is 1. The number of carbonyl (C=O) groups excluding carboxylic acids is 1. The minimum Gasteiger partial charge on any atom is -0.469 e. The summed E-state index contributed by atoms with van der Waals surface area (Å²) in [4.78, 5) is 11.0. The molecule has 0 bridgehead atoms. The van der Waals surface area contributed by atoms with Crippen molar-refractivity contribution in [3.05, 3.63) is 0 Å². The number of methoxy groups -OCH3 is 1. The lowest BCUT2D eigenvalue weighted by molar-refractivity contribution is -0.140. The molecule has 0 N–H and O–H groups in total. The smallest absolute Gasteiger partial charge is 0.305 e. The van der Waals surface area contributed by atoms with E-state index in [-0.39, 0.29) is 24.2 Å². The standard InChI is InChI=1S/C12H23NO4S/c1-11-7-4-3-5-9-13(11)18(15,16)10-6-8-12(14)17-2/h11H,3-10H2,1-2H3. The molecule has 0 aliphatic carbocycles. The molecular weight excluding hydrogens is 254 g/mol. The lowest BCUT2D eigenvalue weighted by Gasteiger charge is -2.26. The van der Waals surface area contributed by atoms with E-state index in [0.717, 1.165) is 25.7 Å². The van der Waals surface area contributed by atoms with E-state index in [1.165, 1.54) is 7.11 Å². The first-order valence-electron chi connectivity index (χ1n) is 6.53. The van der Waals surface area contributed by atoms with Gasteiger partial charge in [-0.1, -0.05) is 12.8 Å². The molecular formula is C12H23NO4S. The Balaban J connectivity index is 2.53. The average molecular weight is 277 g/mol. The molecule has 106 valence electrons. The maximum atomic E-state index is 12.2. The molecule has 1 atom stereocenters. The van der Waals surface area contributed by atoms with Crippen LogP contribution in [0.2, 0.25) is 0 Å². The van der Waals surface area contributed by atoms with E-state index < -0.39 is 10.0 Å². The highest BCUT2D eigenvalue weighted by Gasteiger charge is 2.27. The van der Waals surface area contributed by atoms with Crippen LogP contribution in [0.4, 0.5) is 0 Å². The van der Waals surface area contributed by atoms with Gasteiger partial charge in [-0.25, -0.2) is 8.42 Å². The number of sulfonamides is 1. The SMILES string of the molecule is COC(=O)CCCS(=O)(=O)N1CCCCCC1C. The Bertz CT molecular complexity index is 366. The first kappa shape index (κ1) is 15.4. The van der Waals surface area contributed by atoms with Crippen molar-refractivity contribution in [2.75, 3.05) is 19.4 Å². The summed E-state index contributed by atoms with van der Waals surface area (Å²) in [7, 11) is -1.92. The molecule has 5 nitrogen and oxygen atoms in total. The molecule has 0 radical (unpaired) electrons. The molecule has 1 unspecified atom stereocenters. The Hall–Kier alpha value is -0.620. The third-order valence-corrected chi connectivity index (χ3v) is 5.42.